The zero-order chi connectivity index (χ0) is 20.9. The Morgan fingerprint density at radius 2 is 1.87 bits per heavy atom. The average Bonchev–Trinajstić information content (AvgIpc) is 2.74. The monoisotopic (exact) mass is 530 g/mol. The van der Waals surface area contributed by atoms with Crippen molar-refractivity contribution < 1.29 is 14.3 Å². The van der Waals surface area contributed by atoms with Crippen molar-refractivity contribution in [1.82, 2.24) is 15.5 Å². The van der Waals surface area contributed by atoms with E-state index in [1.807, 2.05) is 13.1 Å². The molecule has 0 aromatic heterocycles. The molecule has 1 aromatic carbocycles. The molecule has 2 N–H and O–H groups in total. The number of fused-ring (bicyclic) bond motifs is 1. The van der Waals surface area contributed by atoms with Gasteiger partial charge >= 0.3 is 0 Å². The number of nitrogens with zero attached hydrogens (tertiary/aromatic N) is 2. The second-order valence-electron chi connectivity index (χ2n) is 8.45. The molecule has 30 heavy (non-hydrogen) atoms. The highest BCUT2D eigenvalue weighted by molar-refractivity contribution is 14.0. The van der Waals surface area contributed by atoms with Crippen LogP contribution < -0.4 is 20.1 Å². The number of benzene rings is 1. The first-order valence-electron chi connectivity index (χ1n) is 10.5. The Balaban J connectivity index is 0.00000320. The van der Waals surface area contributed by atoms with Crippen molar-refractivity contribution in [3.8, 4) is 11.5 Å². The highest BCUT2D eigenvalue weighted by atomic mass is 127. The van der Waals surface area contributed by atoms with Crippen molar-refractivity contribution in [1.29, 1.82) is 0 Å². The Bertz CT molecular complexity index is 746. The highest BCUT2D eigenvalue weighted by Gasteiger charge is 2.27. The predicted molar refractivity (Wildman–Crippen MR) is 130 cm³/mol. The molecular weight excluding hydrogens is 495 g/mol. The Labute approximate surface area is 197 Å². The zero-order valence-corrected chi connectivity index (χ0v) is 20.8. The number of halogens is 1. The standard InChI is InChI=1S/C22H34N4O3.HI/c1-22(2,17-5-6-18-19(14-17)29-12-11-28-18)15-25-21(24-4)26-9-7-16(8-10-26)13-20(27)23-3;/h5-6,14,16H,7-13,15H2,1-4H3,(H,23,27)(H,24,25);1H. The van der Waals surface area contributed by atoms with Crippen LogP contribution in [0.5, 0.6) is 11.5 Å². The van der Waals surface area contributed by atoms with Gasteiger partial charge in [-0.05, 0) is 36.5 Å². The molecule has 2 aliphatic heterocycles. The third-order valence-corrected chi connectivity index (χ3v) is 5.89. The van der Waals surface area contributed by atoms with Crippen molar-refractivity contribution >= 4 is 35.8 Å². The largest absolute Gasteiger partial charge is 0.486 e. The number of rotatable bonds is 5. The van der Waals surface area contributed by atoms with Gasteiger partial charge in [0.15, 0.2) is 17.5 Å². The van der Waals surface area contributed by atoms with Crippen LogP contribution in [-0.4, -0.2) is 63.7 Å². The van der Waals surface area contributed by atoms with Gasteiger partial charge in [-0.15, -0.1) is 24.0 Å². The summed E-state index contributed by atoms with van der Waals surface area (Å²) in [5.74, 6) is 3.16. The first kappa shape index (κ1) is 24.6. The van der Waals surface area contributed by atoms with E-state index in [-0.39, 0.29) is 35.3 Å². The maximum atomic E-state index is 11.6. The molecule has 1 fully saturated rings. The van der Waals surface area contributed by atoms with Gasteiger partial charge in [-0.1, -0.05) is 19.9 Å². The van der Waals surface area contributed by atoms with Gasteiger partial charge in [0, 0.05) is 45.6 Å². The van der Waals surface area contributed by atoms with Gasteiger partial charge in [-0.3, -0.25) is 9.79 Å². The zero-order valence-electron chi connectivity index (χ0n) is 18.5. The number of hydrogen-bond donors (Lipinski definition) is 2. The molecule has 1 aromatic rings. The second kappa shape index (κ2) is 11.1. The number of piperidine rings is 1. The van der Waals surface area contributed by atoms with E-state index in [2.05, 4.69) is 46.5 Å². The van der Waals surface area contributed by atoms with E-state index in [1.165, 1.54) is 5.56 Å². The number of aliphatic imine (C=N–C) groups is 1. The summed E-state index contributed by atoms with van der Waals surface area (Å²) in [5, 5.41) is 6.27. The Hall–Kier alpha value is -1.71. The summed E-state index contributed by atoms with van der Waals surface area (Å²) >= 11 is 0. The fourth-order valence-electron chi connectivity index (χ4n) is 3.91. The van der Waals surface area contributed by atoms with Crippen LogP contribution in [0.1, 0.15) is 38.7 Å². The maximum Gasteiger partial charge on any atom is 0.220 e. The fraction of sp³-hybridized carbons (Fsp3) is 0.636. The third-order valence-electron chi connectivity index (χ3n) is 5.89. The number of amides is 1. The number of ether oxygens (including phenoxy) is 2. The van der Waals surface area contributed by atoms with Crippen molar-refractivity contribution in [2.24, 2.45) is 10.9 Å². The van der Waals surface area contributed by atoms with Gasteiger partial charge < -0.3 is 25.0 Å². The molecule has 0 aliphatic carbocycles. The first-order valence-corrected chi connectivity index (χ1v) is 10.5. The van der Waals surface area contributed by atoms with Crippen molar-refractivity contribution in [2.75, 3.05) is 46.9 Å². The molecule has 2 aliphatic rings. The van der Waals surface area contributed by atoms with Crippen molar-refractivity contribution in [3.05, 3.63) is 23.8 Å². The van der Waals surface area contributed by atoms with Crippen LogP contribution in [0.25, 0.3) is 0 Å². The minimum Gasteiger partial charge on any atom is -0.486 e. The van der Waals surface area contributed by atoms with Gasteiger partial charge in [-0.25, -0.2) is 0 Å². The normalized spacial score (nSPS) is 17.2. The number of carbonyl (C=O) groups excluding carboxylic acids is 1. The fourth-order valence-corrected chi connectivity index (χ4v) is 3.91. The summed E-state index contributed by atoms with van der Waals surface area (Å²) in [5.41, 5.74) is 1.11. The van der Waals surface area contributed by atoms with E-state index in [1.54, 1.807) is 7.05 Å². The second-order valence-corrected chi connectivity index (χ2v) is 8.45. The van der Waals surface area contributed by atoms with Crippen LogP contribution >= 0.6 is 24.0 Å². The molecule has 3 rings (SSSR count). The summed E-state index contributed by atoms with van der Waals surface area (Å²) in [6.07, 6.45) is 2.65. The van der Waals surface area contributed by atoms with Crippen LogP contribution in [0, 0.1) is 5.92 Å². The molecule has 7 nitrogen and oxygen atoms in total. The van der Waals surface area contributed by atoms with Gasteiger partial charge in [0.2, 0.25) is 5.91 Å². The lowest BCUT2D eigenvalue weighted by Crippen LogP contribution is -2.48. The van der Waals surface area contributed by atoms with Crippen LogP contribution in [0.15, 0.2) is 23.2 Å². The molecule has 1 saturated heterocycles. The lowest BCUT2D eigenvalue weighted by Gasteiger charge is -2.35. The summed E-state index contributed by atoms with van der Waals surface area (Å²) in [6.45, 7) is 8.24. The third kappa shape index (κ3) is 6.15. The quantitative estimate of drug-likeness (QED) is 0.348. The average molecular weight is 530 g/mol. The van der Waals surface area contributed by atoms with Crippen LogP contribution in [-0.2, 0) is 10.2 Å². The Kier molecular flexibility index (Phi) is 9.06. The minimum atomic E-state index is -0.0939. The molecule has 0 atom stereocenters. The van der Waals surface area contributed by atoms with Gasteiger partial charge in [0.25, 0.3) is 0 Å². The van der Waals surface area contributed by atoms with Crippen LogP contribution in [0.3, 0.4) is 0 Å². The van der Waals surface area contributed by atoms with Crippen molar-refractivity contribution in [3.63, 3.8) is 0 Å². The smallest absolute Gasteiger partial charge is 0.220 e. The summed E-state index contributed by atoms with van der Waals surface area (Å²) in [6, 6.07) is 6.20. The van der Waals surface area contributed by atoms with E-state index in [9.17, 15) is 4.79 Å². The van der Waals surface area contributed by atoms with E-state index < -0.39 is 0 Å². The first-order chi connectivity index (χ1) is 13.9. The van der Waals surface area contributed by atoms with Crippen molar-refractivity contribution in [2.45, 2.75) is 38.5 Å². The van der Waals surface area contributed by atoms with E-state index in [0.29, 0.717) is 25.6 Å². The molecule has 0 bridgehead atoms. The SMILES string of the molecule is CN=C(NCC(C)(C)c1ccc2c(c1)OCCO2)N1CCC(CC(=O)NC)CC1.I. The molecule has 0 saturated carbocycles. The van der Waals surface area contributed by atoms with Crippen LogP contribution in [0.2, 0.25) is 0 Å². The van der Waals surface area contributed by atoms with E-state index in [4.69, 9.17) is 9.47 Å². The summed E-state index contributed by atoms with van der Waals surface area (Å²) in [4.78, 5) is 18.4. The van der Waals surface area contributed by atoms with Crippen LogP contribution in [0.4, 0.5) is 0 Å². The lowest BCUT2D eigenvalue weighted by atomic mass is 9.84. The molecule has 0 radical (unpaired) electrons. The molecule has 0 spiro atoms. The minimum absolute atomic E-state index is 0. The lowest BCUT2D eigenvalue weighted by molar-refractivity contribution is -0.121. The number of hydrogen-bond acceptors (Lipinski definition) is 4. The van der Waals surface area contributed by atoms with E-state index in [0.717, 1.165) is 49.9 Å². The Morgan fingerprint density at radius 3 is 2.50 bits per heavy atom. The maximum absolute atomic E-state index is 11.6. The van der Waals surface area contributed by atoms with Gasteiger partial charge in [0.1, 0.15) is 13.2 Å². The van der Waals surface area contributed by atoms with Gasteiger partial charge in [-0.2, -0.15) is 0 Å². The molecule has 2 heterocycles. The topological polar surface area (TPSA) is 75.2 Å². The van der Waals surface area contributed by atoms with E-state index >= 15 is 0 Å². The Morgan fingerprint density at radius 1 is 1.20 bits per heavy atom. The summed E-state index contributed by atoms with van der Waals surface area (Å²) in [7, 11) is 3.53. The number of nitrogens with one attached hydrogen (secondary N) is 2. The molecule has 1 amide bonds. The predicted octanol–water partition coefficient (Wildman–Crippen LogP) is 2.78. The molecule has 168 valence electrons. The highest BCUT2D eigenvalue weighted by Crippen LogP contribution is 2.35. The van der Waals surface area contributed by atoms with Gasteiger partial charge in [0.05, 0.1) is 0 Å². The number of likely N-dealkylation sites (tertiary alicyclic amines) is 1. The molecular formula is C22H35IN4O3. The number of guanidine groups is 1. The summed E-state index contributed by atoms with van der Waals surface area (Å²) < 4.78 is 11.4. The number of carbonyl (C=O) groups is 1. The molecule has 0 unspecified atom stereocenters. The molecule has 8 heteroatoms.